The molecule has 0 saturated heterocycles. The van der Waals surface area contributed by atoms with E-state index in [1.54, 1.807) is 21.3 Å². The van der Waals surface area contributed by atoms with Crippen LogP contribution in [-0.4, -0.2) is 31.9 Å². The van der Waals surface area contributed by atoms with E-state index in [4.69, 9.17) is 30.8 Å². The summed E-state index contributed by atoms with van der Waals surface area (Å²) in [5.74, 6) is 1.70. The minimum atomic E-state index is -0.111. The van der Waals surface area contributed by atoms with Gasteiger partial charge in [0.1, 0.15) is 0 Å². The zero-order valence-corrected chi connectivity index (χ0v) is 17.8. The van der Waals surface area contributed by atoms with E-state index in [1.165, 1.54) is 0 Å². The molecule has 3 aromatic rings. The van der Waals surface area contributed by atoms with E-state index in [2.05, 4.69) is 26.1 Å². The minimum Gasteiger partial charge on any atom is -0.493 e. The predicted molar refractivity (Wildman–Crippen MR) is 115 cm³/mol. The van der Waals surface area contributed by atoms with Gasteiger partial charge in [-0.1, -0.05) is 11.6 Å². The van der Waals surface area contributed by atoms with Crippen LogP contribution in [-0.2, 0) is 0 Å². The van der Waals surface area contributed by atoms with Gasteiger partial charge in [0.05, 0.1) is 32.5 Å². The maximum atomic E-state index is 6.22. The number of halogens is 1. The maximum Gasteiger partial charge on any atom is 0.203 e. The summed E-state index contributed by atoms with van der Waals surface area (Å²) in [5.41, 5.74) is 3.32. The topological polar surface area (TPSA) is 52.6 Å². The SMILES string of the molecule is COc1cc(-c2cc(NC(C)(C)C)c3ccc(Cl)cc3n2)cc(OC)c1OC. The number of nitrogens with one attached hydrogen (secondary N) is 1. The molecule has 6 heteroatoms. The second-order valence-electron chi connectivity index (χ2n) is 7.51. The lowest BCUT2D eigenvalue weighted by molar-refractivity contribution is 0.324. The highest BCUT2D eigenvalue weighted by Crippen LogP contribution is 2.42. The highest BCUT2D eigenvalue weighted by atomic mass is 35.5. The van der Waals surface area contributed by atoms with Gasteiger partial charge in [-0.3, -0.25) is 0 Å². The standard InChI is InChI=1S/C22H25ClN2O3/c1-22(2,3)25-18-12-16(24-17-11-14(23)7-8-15(17)18)13-9-19(26-4)21(28-6)20(10-13)27-5/h7-12H,1-6H3,(H,24,25). The molecule has 1 heterocycles. The van der Waals surface area contributed by atoms with Gasteiger partial charge in [-0.15, -0.1) is 0 Å². The first-order valence-corrected chi connectivity index (χ1v) is 9.32. The molecule has 0 amide bonds. The Morgan fingerprint density at radius 2 is 1.54 bits per heavy atom. The van der Waals surface area contributed by atoms with Crippen molar-refractivity contribution in [3.8, 4) is 28.5 Å². The van der Waals surface area contributed by atoms with Gasteiger partial charge < -0.3 is 19.5 Å². The van der Waals surface area contributed by atoms with Crippen LogP contribution in [0.3, 0.4) is 0 Å². The van der Waals surface area contributed by atoms with Crippen molar-refractivity contribution in [2.24, 2.45) is 0 Å². The fourth-order valence-corrected chi connectivity index (χ4v) is 3.25. The second kappa shape index (κ2) is 7.76. The summed E-state index contributed by atoms with van der Waals surface area (Å²) < 4.78 is 16.4. The highest BCUT2D eigenvalue weighted by molar-refractivity contribution is 6.31. The van der Waals surface area contributed by atoms with Crippen LogP contribution in [0.2, 0.25) is 5.02 Å². The summed E-state index contributed by atoms with van der Waals surface area (Å²) in [6.45, 7) is 6.36. The van der Waals surface area contributed by atoms with E-state index in [9.17, 15) is 0 Å². The average Bonchev–Trinajstić information content (AvgIpc) is 2.64. The Kier molecular flexibility index (Phi) is 5.57. The van der Waals surface area contributed by atoms with Crippen LogP contribution in [0.5, 0.6) is 17.2 Å². The van der Waals surface area contributed by atoms with E-state index < -0.39 is 0 Å². The molecule has 0 saturated carbocycles. The molecule has 0 bridgehead atoms. The van der Waals surface area contributed by atoms with E-state index in [1.807, 2.05) is 36.4 Å². The van der Waals surface area contributed by atoms with E-state index in [0.717, 1.165) is 27.8 Å². The summed E-state index contributed by atoms with van der Waals surface area (Å²) in [7, 11) is 4.78. The van der Waals surface area contributed by atoms with E-state index in [0.29, 0.717) is 22.3 Å². The number of pyridine rings is 1. The number of hydrogen-bond acceptors (Lipinski definition) is 5. The van der Waals surface area contributed by atoms with Crippen LogP contribution >= 0.6 is 11.6 Å². The molecular weight excluding hydrogens is 376 g/mol. The number of nitrogens with zero attached hydrogens (tertiary/aromatic N) is 1. The molecule has 1 aromatic heterocycles. The van der Waals surface area contributed by atoms with Crippen LogP contribution in [0.25, 0.3) is 22.2 Å². The molecule has 148 valence electrons. The molecule has 0 aliphatic heterocycles. The Morgan fingerprint density at radius 3 is 2.07 bits per heavy atom. The third kappa shape index (κ3) is 4.09. The summed E-state index contributed by atoms with van der Waals surface area (Å²) in [5, 5.41) is 5.22. The highest BCUT2D eigenvalue weighted by Gasteiger charge is 2.18. The number of ether oxygens (including phenoxy) is 3. The third-order valence-corrected chi connectivity index (χ3v) is 4.48. The maximum absolute atomic E-state index is 6.22. The van der Waals surface area contributed by atoms with E-state index >= 15 is 0 Å². The quantitative estimate of drug-likeness (QED) is 0.587. The summed E-state index contributed by atoms with van der Waals surface area (Å²) in [6, 6.07) is 11.5. The zero-order chi connectivity index (χ0) is 20.5. The fourth-order valence-electron chi connectivity index (χ4n) is 3.09. The molecule has 0 spiro atoms. The predicted octanol–water partition coefficient (Wildman–Crippen LogP) is 5.79. The first-order chi connectivity index (χ1) is 13.3. The minimum absolute atomic E-state index is 0.111. The Morgan fingerprint density at radius 1 is 0.893 bits per heavy atom. The van der Waals surface area contributed by atoms with Crippen molar-refractivity contribution >= 4 is 28.2 Å². The average molecular weight is 401 g/mol. The van der Waals surface area contributed by atoms with Gasteiger partial charge in [-0.2, -0.15) is 0 Å². The van der Waals surface area contributed by atoms with Crippen LogP contribution in [0.15, 0.2) is 36.4 Å². The number of rotatable bonds is 5. The third-order valence-electron chi connectivity index (χ3n) is 4.24. The van der Waals surface area contributed by atoms with Gasteiger partial charge in [0.15, 0.2) is 11.5 Å². The Bertz CT molecular complexity index is 988. The van der Waals surface area contributed by atoms with Crippen molar-refractivity contribution in [3.05, 3.63) is 41.4 Å². The lowest BCUT2D eigenvalue weighted by Gasteiger charge is -2.24. The molecule has 5 nitrogen and oxygen atoms in total. The normalized spacial score (nSPS) is 11.4. The van der Waals surface area contributed by atoms with Gasteiger partial charge in [0.25, 0.3) is 0 Å². The Hall–Kier alpha value is -2.66. The lowest BCUT2D eigenvalue weighted by atomic mass is 10.0. The van der Waals surface area contributed by atoms with Crippen molar-refractivity contribution < 1.29 is 14.2 Å². The summed E-state index contributed by atoms with van der Waals surface area (Å²) >= 11 is 6.22. The second-order valence-corrected chi connectivity index (χ2v) is 7.94. The number of anilines is 1. The number of fused-ring (bicyclic) bond motifs is 1. The van der Waals surface area contributed by atoms with Crippen LogP contribution in [0.1, 0.15) is 20.8 Å². The van der Waals surface area contributed by atoms with Crippen LogP contribution < -0.4 is 19.5 Å². The fraction of sp³-hybridized carbons (Fsp3) is 0.318. The Balaban J connectivity index is 2.26. The van der Waals surface area contributed by atoms with Crippen LogP contribution in [0, 0.1) is 0 Å². The van der Waals surface area contributed by atoms with Crippen molar-refractivity contribution in [1.29, 1.82) is 0 Å². The molecule has 1 N–H and O–H groups in total. The molecule has 0 aliphatic carbocycles. The van der Waals surface area contributed by atoms with Gasteiger partial charge >= 0.3 is 0 Å². The summed E-state index contributed by atoms with van der Waals surface area (Å²) in [6.07, 6.45) is 0. The Labute approximate surface area is 170 Å². The van der Waals surface area contributed by atoms with Crippen molar-refractivity contribution in [3.63, 3.8) is 0 Å². The lowest BCUT2D eigenvalue weighted by Crippen LogP contribution is -2.26. The molecule has 3 rings (SSSR count). The number of benzene rings is 2. The van der Waals surface area contributed by atoms with Crippen molar-refractivity contribution in [2.75, 3.05) is 26.6 Å². The molecule has 0 fully saturated rings. The molecule has 0 atom stereocenters. The number of hydrogen-bond donors (Lipinski definition) is 1. The van der Waals surface area contributed by atoms with Crippen molar-refractivity contribution in [2.45, 2.75) is 26.3 Å². The van der Waals surface area contributed by atoms with Gasteiger partial charge in [0, 0.05) is 27.2 Å². The molecule has 0 aliphatic rings. The van der Waals surface area contributed by atoms with Gasteiger partial charge in [-0.25, -0.2) is 4.98 Å². The van der Waals surface area contributed by atoms with Crippen LogP contribution in [0.4, 0.5) is 5.69 Å². The number of methoxy groups -OCH3 is 3. The zero-order valence-electron chi connectivity index (χ0n) is 17.0. The largest absolute Gasteiger partial charge is 0.493 e. The number of aromatic nitrogens is 1. The van der Waals surface area contributed by atoms with E-state index in [-0.39, 0.29) is 5.54 Å². The molecule has 2 aromatic carbocycles. The molecular formula is C22H25ClN2O3. The molecule has 0 radical (unpaired) electrons. The van der Waals surface area contributed by atoms with Gasteiger partial charge in [-0.05, 0) is 57.2 Å². The van der Waals surface area contributed by atoms with Gasteiger partial charge in [0.2, 0.25) is 5.75 Å². The first kappa shape index (κ1) is 20.1. The summed E-state index contributed by atoms with van der Waals surface area (Å²) in [4.78, 5) is 4.83. The smallest absolute Gasteiger partial charge is 0.203 e. The molecule has 0 unspecified atom stereocenters. The molecule has 28 heavy (non-hydrogen) atoms. The first-order valence-electron chi connectivity index (χ1n) is 8.94. The van der Waals surface area contributed by atoms with Crippen molar-refractivity contribution in [1.82, 2.24) is 4.98 Å². The monoisotopic (exact) mass is 400 g/mol.